The minimum atomic E-state index is -1.55. The van der Waals surface area contributed by atoms with E-state index in [1.54, 1.807) is 6.07 Å². The van der Waals surface area contributed by atoms with Gasteiger partial charge in [0.05, 0.1) is 22.8 Å². The molecule has 1 aromatic carbocycles. The molecule has 10 heteroatoms. The molecule has 2 aromatic rings. The Labute approximate surface area is 202 Å². The van der Waals surface area contributed by atoms with Crippen molar-refractivity contribution in [3.63, 3.8) is 0 Å². The summed E-state index contributed by atoms with van der Waals surface area (Å²) in [5.41, 5.74) is 0.524. The number of hydrogen-bond acceptors (Lipinski definition) is 7. The summed E-state index contributed by atoms with van der Waals surface area (Å²) in [6.45, 7) is 6.26. The third-order valence-corrected chi connectivity index (χ3v) is 8.17. The molecule has 0 bridgehead atoms. The molecule has 4 saturated heterocycles. The summed E-state index contributed by atoms with van der Waals surface area (Å²) in [5.74, 6) is 0.732. The van der Waals surface area contributed by atoms with E-state index in [-0.39, 0.29) is 17.2 Å². The van der Waals surface area contributed by atoms with Gasteiger partial charge in [-0.1, -0.05) is 0 Å². The number of fused-ring (bicyclic) bond motifs is 3. The summed E-state index contributed by atoms with van der Waals surface area (Å²) in [6, 6.07) is 4.34. The van der Waals surface area contributed by atoms with Crippen LogP contribution in [0.25, 0.3) is 10.9 Å². The predicted octanol–water partition coefficient (Wildman–Crippen LogP) is 1.90. The van der Waals surface area contributed by atoms with Crippen molar-refractivity contribution >= 4 is 22.7 Å². The van der Waals surface area contributed by atoms with E-state index in [4.69, 9.17) is 5.11 Å². The highest BCUT2D eigenvalue weighted by Crippen LogP contribution is 2.39. The molecule has 1 saturated carbocycles. The first-order valence-electron chi connectivity index (χ1n) is 12.7. The Kier molecular flexibility index (Phi) is 5.90. The Morgan fingerprint density at radius 2 is 1.80 bits per heavy atom. The molecule has 1 aromatic heterocycles. The number of nitrogens with one attached hydrogen (secondary N) is 3. The number of anilines is 1. The quantitative estimate of drug-likeness (QED) is 0.489. The Morgan fingerprint density at radius 3 is 2.51 bits per heavy atom. The van der Waals surface area contributed by atoms with Gasteiger partial charge >= 0.3 is 6.16 Å². The largest absolute Gasteiger partial charge is 0.511 e. The van der Waals surface area contributed by atoms with Crippen LogP contribution in [0.15, 0.2) is 23.1 Å². The number of pyridine rings is 1. The zero-order valence-electron chi connectivity index (χ0n) is 19.6. The predicted molar refractivity (Wildman–Crippen MR) is 130 cm³/mol. The van der Waals surface area contributed by atoms with Crippen molar-refractivity contribution < 1.29 is 19.0 Å². The Balaban J connectivity index is 0.000000240. The van der Waals surface area contributed by atoms with Gasteiger partial charge in [0.25, 0.3) is 0 Å². The lowest BCUT2D eigenvalue weighted by Gasteiger charge is -2.22. The zero-order valence-corrected chi connectivity index (χ0v) is 19.6. The second kappa shape index (κ2) is 9.07. The van der Waals surface area contributed by atoms with E-state index in [9.17, 15) is 14.0 Å². The second-order valence-corrected chi connectivity index (χ2v) is 10.4. The van der Waals surface area contributed by atoms with Crippen LogP contribution in [0.3, 0.4) is 0 Å². The van der Waals surface area contributed by atoms with Gasteiger partial charge in [0.1, 0.15) is 5.82 Å². The standard InChI is InChI=1S/C19H20FN3O4.C6H12N2/c20-13-5-12-15(6-16(13)22-7-10-3-4-21-14(10)8-22)23(11-1-2-11)9-17(18(12)24)27-19(25)26;1-2-8-6-4-7-3-5(1)6/h5-6,9-11,14,21H,1-4,7-8H2,(H,25,26);5-8H,1-4H2. The number of carboxylic acid groups (broad SMARTS) is 1. The summed E-state index contributed by atoms with van der Waals surface area (Å²) < 4.78 is 21.4. The molecule has 35 heavy (non-hydrogen) atoms. The smallest absolute Gasteiger partial charge is 0.449 e. The first kappa shape index (κ1) is 22.8. The topological polar surface area (TPSA) is 108 Å². The maximum absolute atomic E-state index is 14.9. The maximum atomic E-state index is 14.9. The van der Waals surface area contributed by atoms with Gasteiger partial charge in [-0.25, -0.2) is 9.18 Å². The summed E-state index contributed by atoms with van der Waals surface area (Å²) in [5, 5.41) is 19.3. The maximum Gasteiger partial charge on any atom is 0.511 e. The van der Waals surface area contributed by atoms with Gasteiger partial charge in [0.15, 0.2) is 5.75 Å². The van der Waals surface area contributed by atoms with Gasteiger partial charge in [-0.2, -0.15) is 0 Å². The van der Waals surface area contributed by atoms with Crippen molar-refractivity contribution in [1.29, 1.82) is 0 Å². The van der Waals surface area contributed by atoms with Crippen molar-refractivity contribution in [2.75, 3.05) is 44.2 Å². The molecule has 4 atom stereocenters. The van der Waals surface area contributed by atoms with Gasteiger partial charge in [-0.15, -0.1) is 0 Å². The van der Waals surface area contributed by atoms with Crippen LogP contribution >= 0.6 is 0 Å². The molecular weight excluding hydrogens is 453 g/mol. The van der Waals surface area contributed by atoms with E-state index >= 15 is 0 Å². The van der Waals surface area contributed by atoms with Crippen molar-refractivity contribution in [1.82, 2.24) is 20.5 Å². The third-order valence-electron chi connectivity index (χ3n) is 8.17. The number of benzene rings is 1. The van der Waals surface area contributed by atoms with Crippen LogP contribution in [-0.4, -0.2) is 67.2 Å². The minimum Gasteiger partial charge on any atom is -0.449 e. The number of rotatable bonds is 3. The third kappa shape index (κ3) is 4.39. The Hall–Kier alpha value is -2.69. The molecule has 0 amide bonds. The molecule has 4 unspecified atom stereocenters. The molecular formula is C25H32FN5O4. The fourth-order valence-corrected chi connectivity index (χ4v) is 6.17. The van der Waals surface area contributed by atoms with E-state index in [1.807, 2.05) is 9.47 Å². The van der Waals surface area contributed by atoms with Crippen LogP contribution in [0.1, 0.15) is 31.7 Å². The number of aromatic nitrogens is 1. The number of ether oxygens (including phenoxy) is 1. The van der Waals surface area contributed by atoms with Crippen LogP contribution in [0, 0.1) is 17.7 Å². The number of carbonyl (C=O) groups is 1. The van der Waals surface area contributed by atoms with Crippen LogP contribution in [-0.2, 0) is 0 Å². The van der Waals surface area contributed by atoms with E-state index in [0.717, 1.165) is 50.9 Å². The van der Waals surface area contributed by atoms with Crippen molar-refractivity contribution in [2.24, 2.45) is 11.8 Å². The number of halogens is 1. The highest BCUT2D eigenvalue weighted by atomic mass is 19.1. The zero-order chi connectivity index (χ0) is 24.1. The van der Waals surface area contributed by atoms with Crippen molar-refractivity contribution in [3.8, 4) is 5.75 Å². The molecule has 0 radical (unpaired) electrons. The summed E-state index contributed by atoms with van der Waals surface area (Å²) in [4.78, 5) is 25.5. The van der Waals surface area contributed by atoms with Crippen molar-refractivity contribution in [2.45, 2.75) is 43.8 Å². The fraction of sp³-hybridized carbons (Fsp3) is 0.600. The molecule has 0 spiro atoms. The monoisotopic (exact) mass is 485 g/mol. The van der Waals surface area contributed by atoms with Crippen LogP contribution in [0.5, 0.6) is 5.75 Å². The van der Waals surface area contributed by atoms with Gasteiger partial charge in [-0.05, 0) is 69.3 Å². The molecule has 4 aliphatic heterocycles. The first-order chi connectivity index (χ1) is 17.0. The molecule has 5 aliphatic rings. The highest BCUT2D eigenvalue weighted by molar-refractivity contribution is 5.85. The minimum absolute atomic E-state index is 0.152. The highest BCUT2D eigenvalue weighted by Gasteiger charge is 2.37. The Bertz CT molecular complexity index is 1170. The molecule has 188 valence electrons. The molecule has 7 rings (SSSR count). The SMILES string of the molecule is C1CC2CNCC2N1.O=C(O)Oc1cn(C2CC2)c2cc(N3CC4CCNC4C3)c(F)cc2c1=O. The summed E-state index contributed by atoms with van der Waals surface area (Å²) in [6.07, 6.45) is 4.25. The van der Waals surface area contributed by atoms with E-state index in [0.29, 0.717) is 23.2 Å². The van der Waals surface area contributed by atoms with Crippen LogP contribution < -0.4 is 31.0 Å². The first-order valence-corrected chi connectivity index (χ1v) is 12.7. The molecule has 1 aliphatic carbocycles. The lowest BCUT2D eigenvalue weighted by Crippen LogP contribution is -2.30. The van der Waals surface area contributed by atoms with Gasteiger partial charge < -0.3 is 35.3 Å². The Morgan fingerprint density at radius 1 is 1.03 bits per heavy atom. The average molecular weight is 486 g/mol. The number of nitrogens with zero attached hydrogens (tertiary/aromatic N) is 2. The summed E-state index contributed by atoms with van der Waals surface area (Å²) >= 11 is 0. The van der Waals surface area contributed by atoms with Crippen LogP contribution in [0.4, 0.5) is 14.9 Å². The molecule has 5 fully saturated rings. The number of hydrogen-bond donors (Lipinski definition) is 4. The van der Waals surface area contributed by atoms with Gasteiger partial charge in [-0.3, -0.25) is 4.79 Å². The van der Waals surface area contributed by atoms with E-state index in [1.165, 1.54) is 38.3 Å². The molecule has 4 N–H and O–H groups in total. The average Bonchev–Trinajstić information content (AvgIpc) is 3.15. The second-order valence-electron chi connectivity index (χ2n) is 10.4. The van der Waals surface area contributed by atoms with E-state index in [2.05, 4.69) is 20.7 Å². The fourth-order valence-electron chi connectivity index (χ4n) is 6.17. The normalized spacial score (nSPS) is 29.1. The van der Waals surface area contributed by atoms with Crippen LogP contribution in [0.2, 0.25) is 0 Å². The lowest BCUT2D eigenvalue weighted by atomic mass is 10.1. The molecule has 5 heterocycles. The van der Waals surface area contributed by atoms with E-state index < -0.39 is 17.4 Å². The molecule has 9 nitrogen and oxygen atoms in total. The van der Waals surface area contributed by atoms with Crippen molar-refractivity contribution in [3.05, 3.63) is 34.4 Å². The summed E-state index contributed by atoms with van der Waals surface area (Å²) in [7, 11) is 0. The van der Waals surface area contributed by atoms with Gasteiger partial charge in [0, 0.05) is 37.8 Å². The van der Waals surface area contributed by atoms with Gasteiger partial charge in [0.2, 0.25) is 5.43 Å². The lowest BCUT2D eigenvalue weighted by molar-refractivity contribution is 0.143.